The van der Waals surface area contributed by atoms with E-state index in [9.17, 15) is 0 Å². The Morgan fingerprint density at radius 3 is 2.92 bits per heavy atom. The van der Waals surface area contributed by atoms with Crippen molar-refractivity contribution in [2.24, 2.45) is 10.9 Å². The average Bonchev–Trinajstić information content (AvgIpc) is 2.54. The van der Waals surface area contributed by atoms with Gasteiger partial charge in [0, 0.05) is 32.4 Å². The lowest BCUT2D eigenvalue weighted by atomic mass is 9.99. The van der Waals surface area contributed by atoms with Gasteiger partial charge < -0.3 is 15.5 Å². The van der Waals surface area contributed by atoms with Gasteiger partial charge in [0.15, 0.2) is 5.96 Å². The van der Waals surface area contributed by atoms with Gasteiger partial charge in [-0.1, -0.05) is 17.7 Å². The van der Waals surface area contributed by atoms with Gasteiger partial charge in [0.1, 0.15) is 5.15 Å². The molecule has 1 atom stereocenters. The van der Waals surface area contributed by atoms with E-state index in [0.717, 1.165) is 38.6 Å². The standard InChI is InChI=1S/C17H28ClN5.HI/c1-3-19-17(22-12-15-5-4-10-23(2)13-15)20-9-8-14-6-7-16(18)21-11-14;/h6-7,11,15H,3-5,8-10,12-13H2,1-2H3,(H2,19,20,22);1H. The van der Waals surface area contributed by atoms with Crippen LogP contribution in [-0.2, 0) is 6.42 Å². The molecule has 1 aliphatic heterocycles. The fourth-order valence-corrected chi connectivity index (χ4v) is 2.98. The van der Waals surface area contributed by atoms with Gasteiger partial charge in [0.25, 0.3) is 0 Å². The molecule has 1 fully saturated rings. The Labute approximate surface area is 167 Å². The molecule has 1 saturated heterocycles. The van der Waals surface area contributed by atoms with Crippen LogP contribution in [0.25, 0.3) is 0 Å². The predicted molar refractivity (Wildman–Crippen MR) is 113 cm³/mol. The molecule has 1 aromatic rings. The maximum absolute atomic E-state index is 5.80. The number of rotatable bonds is 6. The van der Waals surface area contributed by atoms with E-state index < -0.39 is 0 Å². The SMILES string of the molecule is CCNC(=NCC1CCCN(C)C1)NCCc1ccc(Cl)nc1.I. The van der Waals surface area contributed by atoms with E-state index in [0.29, 0.717) is 11.1 Å². The van der Waals surface area contributed by atoms with Gasteiger partial charge in [-0.3, -0.25) is 4.99 Å². The third-order valence-electron chi connectivity index (χ3n) is 4.07. The van der Waals surface area contributed by atoms with Crippen LogP contribution in [0.1, 0.15) is 25.3 Å². The minimum atomic E-state index is 0. The Morgan fingerprint density at radius 2 is 2.25 bits per heavy atom. The first-order valence-corrected chi connectivity index (χ1v) is 8.86. The molecule has 5 nitrogen and oxygen atoms in total. The van der Waals surface area contributed by atoms with E-state index in [1.807, 2.05) is 18.3 Å². The molecule has 24 heavy (non-hydrogen) atoms. The molecule has 0 amide bonds. The number of nitrogens with one attached hydrogen (secondary N) is 2. The van der Waals surface area contributed by atoms with Crippen molar-refractivity contribution in [3.8, 4) is 0 Å². The summed E-state index contributed by atoms with van der Waals surface area (Å²) in [4.78, 5) is 11.3. The van der Waals surface area contributed by atoms with E-state index in [-0.39, 0.29) is 24.0 Å². The molecule has 0 saturated carbocycles. The molecule has 2 rings (SSSR count). The second kappa shape index (κ2) is 11.9. The first-order valence-electron chi connectivity index (χ1n) is 8.48. The molecule has 2 N–H and O–H groups in total. The van der Waals surface area contributed by atoms with Gasteiger partial charge in [-0.05, 0) is 57.3 Å². The Balaban J connectivity index is 0.00000288. The van der Waals surface area contributed by atoms with Crippen molar-refractivity contribution in [2.75, 3.05) is 39.8 Å². The largest absolute Gasteiger partial charge is 0.357 e. The number of aliphatic imine (C=N–C) groups is 1. The van der Waals surface area contributed by atoms with Gasteiger partial charge >= 0.3 is 0 Å². The molecule has 1 aromatic heterocycles. The molecule has 1 aliphatic rings. The molecule has 0 aromatic carbocycles. The van der Waals surface area contributed by atoms with Crippen molar-refractivity contribution in [1.82, 2.24) is 20.5 Å². The maximum atomic E-state index is 5.80. The lowest BCUT2D eigenvalue weighted by molar-refractivity contribution is 0.214. The predicted octanol–water partition coefficient (Wildman–Crippen LogP) is 2.79. The maximum Gasteiger partial charge on any atom is 0.191 e. The minimum absolute atomic E-state index is 0. The molecule has 7 heteroatoms. The van der Waals surface area contributed by atoms with Crippen LogP contribution in [0.15, 0.2) is 23.3 Å². The average molecular weight is 466 g/mol. The fraction of sp³-hybridized carbons (Fsp3) is 0.647. The molecule has 0 bridgehead atoms. The highest BCUT2D eigenvalue weighted by Gasteiger charge is 2.16. The monoisotopic (exact) mass is 465 g/mol. The number of guanidine groups is 1. The van der Waals surface area contributed by atoms with Crippen LogP contribution in [0.5, 0.6) is 0 Å². The summed E-state index contributed by atoms with van der Waals surface area (Å²) in [5, 5.41) is 7.25. The highest BCUT2D eigenvalue weighted by molar-refractivity contribution is 14.0. The first kappa shape index (κ1) is 21.4. The second-order valence-corrected chi connectivity index (χ2v) is 6.54. The van der Waals surface area contributed by atoms with Crippen molar-refractivity contribution >= 4 is 41.5 Å². The summed E-state index contributed by atoms with van der Waals surface area (Å²) in [7, 11) is 2.19. The number of likely N-dealkylation sites (tertiary alicyclic amines) is 1. The molecule has 2 heterocycles. The molecular weight excluding hydrogens is 437 g/mol. The number of piperidine rings is 1. The van der Waals surface area contributed by atoms with Gasteiger partial charge in [-0.25, -0.2) is 4.98 Å². The van der Waals surface area contributed by atoms with Gasteiger partial charge in [0.2, 0.25) is 0 Å². The Bertz CT molecular complexity index is 494. The van der Waals surface area contributed by atoms with E-state index in [2.05, 4.69) is 34.5 Å². The van der Waals surface area contributed by atoms with E-state index in [4.69, 9.17) is 16.6 Å². The van der Waals surface area contributed by atoms with Gasteiger partial charge in [0.05, 0.1) is 0 Å². The Morgan fingerprint density at radius 1 is 1.42 bits per heavy atom. The number of hydrogen-bond acceptors (Lipinski definition) is 3. The summed E-state index contributed by atoms with van der Waals surface area (Å²) in [5.41, 5.74) is 1.17. The van der Waals surface area contributed by atoms with Crippen molar-refractivity contribution in [1.29, 1.82) is 0 Å². The number of halogens is 2. The second-order valence-electron chi connectivity index (χ2n) is 6.16. The summed E-state index contributed by atoms with van der Waals surface area (Å²) in [6, 6.07) is 3.84. The zero-order valence-electron chi connectivity index (χ0n) is 14.6. The zero-order valence-corrected chi connectivity index (χ0v) is 17.7. The topological polar surface area (TPSA) is 52.6 Å². The van der Waals surface area contributed by atoms with Crippen LogP contribution >= 0.6 is 35.6 Å². The summed E-state index contributed by atoms with van der Waals surface area (Å²) < 4.78 is 0. The smallest absolute Gasteiger partial charge is 0.191 e. The van der Waals surface area contributed by atoms with Crippen LogP contribution in [0.4, 0.5) is 0 Å². The minimum Gasteiger partial charge on any atom is -0.357 e. The van der Waals surface area contributed by atoms with Crippen LogP contribution < -0.4 is 10.6 Å². The van der Waals surface area contributed by atoms with E-state index in [1.165, 1.54) is 24.9 Å². The highest BCUT2D eigenvalue weighted by Crippen LogP contribution is 2.15. The van der Waals surface area contributed by atoms with Crippen molar-refractivity contribution in [3.05, 3.63) is 29.0 Å². The molecule has 0 aliphatic carbocycles. The van der Waals surface area contributed by atoms with Crippen molar-refractivity contribution in [3.63, 3.8) is 0 Å². The van der Waals surface area contributed by atoms with Crippen LogP contribution in [0.3, 0.4) is 0 Å². The Hall–Kier alpha value is -0.600. The number of nitrogens with zero attached hydrogens (tertiary/aromatic N) is 3. The molecule has 0 spiro atoms. The summed E-state index contributed by atoms with van der Waals surface area (Å²) in [5.74, 6) is 1.58. The number of hydrogen-bond donors (Lipinski definition) is 2. The van der Waals surface area contributed by atoms with Crippen molar-refractivity contribution in [2.45, 2.75) is 26.2 Å². The summed E-state index contributed by atoms with van der Waals surface area (Å²) >= 11 is 5.80. The van der Waals surface area contributed by atoms with Gasteiger partial charge in [-0.15, -0.1) is 24.0 Å². The van der Waals surface area contributed by atoms with Crippen LogP contribution in [-0.4, -0.2) is 55.6 Å². The molecule has 1 unspecified atom stereocenters. The highest BCUT2D eigenvalue weighted by atomic mass is 127. The first-order chi connectivity index (χ1) is 11.2. The third-order valence-corrected chi connectivity index (χ3v) is 4.29. The third kappa shape index (κ3) is 7.98. The van der Waals surface area contributed by atoms with Gasteiger partial charge in [-0.2, -0.15) is 0 Å². The quantitative estimate of drug-likeness (QED) is 0.294. The lowest BCUT2D eigenvalue weighted by Crippen LogP contribution is -2.39. The molecule has 136 valence electrons. The van der Waals surface area contributed by atoms with Crippen LogP contribution in [0, 0.1) is 5.92 Å². The van der Waals surface area contributed by atoms with Crippen molar-refractivity contribution < 1.29 is 0 Å². The lowest BCUT2D eigenvalue weighted by Gasteiger charge is -2.28. The number of aromatic nitrogens is 1. The zero-order chi connectivity index (χ0) is 16.5. The van der Waals surface area contributed by atoms with E-state index in [1.54, 1.807) is 0 Å². The summed E-state index contributed by atoms with van der Waals surface area (Å²) in [6.07, 6.45) is 5.29. The normalized spacial score (nSPS) is 18.8. The molecular formula is C17H29ClIN5. The fourth-order valence-electron chi connectivity index (χ4n) is 2.86. The molecule has 0 radical (unpaired) electrons. The van der Waals surface area contributed by atoms with Crippen LogP contribution in [0.2, 0.25) is 5.15 Å². The van der Waals surface area contributed by atoms with E-state index >= 15 is 0 Å². The summed E-state index contributed by atoms with van der Waals surface area (Å²) in [6.45, 7) is 7.06. The Kier molecular flexibility index (Phi) is 10.6. The number of pyridine rings is 1.